The molecule has 0 atom stereocenters. The Bertz CT molecular complexity index is 802. The van der Waals surface area contributed by atoms with Gasteiger partial charge in [-0.05, 0) is 56.3 Å². The van der Waals surface area contributed by atoms with Gasteiger partial charge in [0.15, 0.2) is 11.5 Å². The van der Waals surface area contributed by atoms with E-state index in [-0.39, 0.29) is 11.0 Å². The van der Waals surface area contributed by atoms with Crippen LogP contribution in [0.2, 0.25) is 0 Å². The minimum Gasteiger partial charge on any atom is -0.490 e. The number of nitrogens with zero attached hydrogens (tertiary/aromatic N) is 1. The molecule has 1 aromatic carbocycles. The molecule has 0 spiro atoms. The summed E-state index contributed by atoms with van der Waals surface area (Å²) >= 11 is 0.780. The van der Waals surface area contributed by atoms with Crippen LogP contribution in [0.25, 0.3) is 6.08 Å². The maximum atomic E-state index is 12.5. The number of imide groups is 1. The lowest BCUT2D eigenvalue weighted by Crippen LogP contribution is -2.35. The van der Waals surface area contributed by atoms with Gasteiger partial charge in [0.1, 0.15) is 13.2 Å². The Morgan fingerprint density at radius 3 is 2.64 bits per heavy atom. The van der Waals surface area contributed by atoms with E-state index in [1.807, 2.05) is 6.92 Å². The first kappa shape index (κ1) is 21.6. The number of thioether (sulfide) groups is 1. The first-order valence-electron chi connectivity index (χ1n) is 8.81. The fourth-order valence-corrected chi connectivity index (χ4v) is 3.21. The highest BCUT2D eigenvalue weighted by atomic mass is 32.2. The Balaban J connectivity index is 2.19. The molecule has 7 nitrogen and oxygen atoms in total. The number of esters is 1. The summed E-state index contributed by atoms with van der Waals surface area (Å²) in [5.74, 6) is -0.0668. The normalized spacial score (nSPS) is 15.3. The van der Waals surface area contributed by atoms with Gasteiger partial charge in [0, 0.05) is 0 Å². The van der Waals surface area contributed by atoms with Crippen LogP contribution >= 0.6 is 11.8 Å². The van der Waals surface area contributed by atoms with E-state index in [9.17, 15) is 14.4 Å². The molecule has 0 N–H and O–H groups in total. The van der Waals surface area contributed by atoms with Crippen LogP contribution in [0.4, 0.5) is 4.79 Å². The number of carbonyl (C=O) groups is 3. The topological polar surface area (TPSA) is 82.1 Å². The molecule has 0 unspecified atom stereocenters. The third-order valence-electron chi connectivity index (χ3n) is 3.45. The molecule has 1 aliphatic rings. The van der Waals surface area contributed by atoms with Gasteiger partial charge in [-0.25, -0.2) is 0 Å². The zero-order valence-corrected chi connectivity index (χ0v) is 16.9. The van der Waals surface area contributed by atoms with E-state index in [2.05, 4.69) is 6.58 Å². The van der Waals surface area contributed by atoms with E-state index in [1.54, 1.807) is 44.2 Å². The summed E-state index contributed by atoms with van der Waals surface area (Å²) in [5, 5.41) is -0.507. The second kappa shape index (κ2) is 9.98. The predicted molar refractivity (Wildman–Crippen MR) is 107 cm³/mol. The third kappa shape index (κ3) is 5.63. The van der Waals surface area contributed by atoms with Gasteiger partial charge >= 0.3 is 5.97 Å². The minimum absolute atomic E-state index is 0.226. The third-order valence-corrected chi connectivity index (χ3v) is 4.36. The van der Waals surface area contributed by atoms with Crippen molar-refractivity contribution in [3.63, 3.8) is 0 Å². The number of hydrogen-bond donors (Lipinski definition) is 0. The first-order chi connectivity index (χ1) is 13.3. The number of hydrogen-bond acceptors (Lipinski definition) is 7. The fraction of sp³-hybridized carbons (Fsp3) is 0.350. The highest BCUT2D eigenvalue weighted by Gasteiger charge is 2.36. The van der Waals surface area contributed by atoms with Crippen molar-refractivity contribution in [3.8, 4) is 11.5 Å². The van der Waals surface area contributed by atoms with Crippen molar-refractivity contribution in [1.29, 1.82) is 0 Å². The Kier molecular flexibility index (Phi) is 7.69. The Morgan fingerprint density at radius 1 is 1.25 bits per heavy atom. The van der Waals surface area contributed by atoms with E-state index in [4.69, 9.17) is 14.2 Å². The van der Waals surface area contributed by atoms with E-state index >= 15 is 0 Å². The number of benzene rings is 1. The van der Waals surface area contributed by atoms with Crippen LogP contribution in [0.3, 0.4) is 0 Å². The molecule has 8 heteroatoms. The van der Waals surface area contributed by atoms with Crippen molar-refractivity contribution < 1.29 is 28.6 Å². The lowest BCUT2D eigenvalue weighted by atomic mass is 10.2. The van der Waals surface area contributed by atoms with Gasteiger partial charge in [-0.15, -0.1) is 0 Å². The average Bonchev–Trinajstić information content (AvgIpc) is 2.88. The predicted octanol–water partition coefficient (Wildman–Crippen LogP) is 3.64. The summed E-state index contributed by atoms with van der Waals surface area (Å²) < 4.78 is 16.1. The van der Waals surface area contributed by atoms with Crippen LogP contribution in [-0.2, 0) is 14.3 Å². The zero-order chi connectivity index (χ0) is 20.7. The molecule has 2 amide bonds. The lowest BCUT2D eigenvalue weighted by Gasteiger charge is -2.13. The molecule has 0 radical (unpaired) electrons. The van der Waals surface area contributed by atoms with Crippen molar-refractivity contribution in [2.45, 2.75) is 26.9 Å². The molecule has 2 rings (SSSR count). The van der Waals surface area contributed by atoms with E-state index < -0.39 is 23.7 Å². The lowest BCUT2D eigenvalue weighted by molar-refractivity contribution is -0.149. The quantitative estimate of drug-likeness (QED) is 0.352. The molecule has 1 fully saturated rings. The van der Waals surface area contributed by atoms with Gasteiger partial charge in [0.2, 0.25) is 0 Å². The monoisotopic (exact) mass is 405 g/mol. The Morgan fingerprint density at radius 2 is 2.00 bits per heavy atom. The van der Waals surface area contributed by atoms with Crippen LogP contribution in [0.1, 0.15) is 26.3 Å². The average molecular weight is 405 g/mol. The number of carbonyl (C=O) groups excluding carboxylic acids is 3. The van der Waals surface area contributed by atoms with Crippen LogP contribution in [0.15, 0.2) is 35.8 Å². The van der Waals surface area contributed by atoms with Crippen LogP contribution < -0.4 is 9.47 Å². The summed E-state index contributed by atoms with van der Waals surface area (Å²) in [6.07, 6.45) is 2.89. The van der Waals surface area contributed by atoms with Gasteiger partial charge < -0.3 is 14.2 Å². The number of rotatable bonds is 9. The standard InChI is InChI=1S/C20H23NO6S/c1-5-9-26-15-8-7-14(10-16(15)25-6-2)11-17-19(23)21(20(24)28-17)12-18(22)27-13(3)4/h5,7-8,10-11,13H,1,6,9,12H2,2-4H3/b17-11-. The fourth-order valence-electron chi connectivity index (χ4n) is 2.37. The highest BCUT2D eigenvalue weighted by molar-refractivity contribution is 8.18. The van der Waals surface area contributed by atoms with Gasteiger partial charge in [0.25, 0.3) is 11.1 Å². The van der Waals surface area contributed by atoms with Gasteiger partial charge in [0.05, 0.1) is 17.6 Å². The smallest absolute Gasteiger partial charge is 0.326 e. The molecular formula is C20H23NO6S. The largest absolute Gasteiger partial charge is 0.490 e. The van der Waals surface area contributed by atoms with Crippen LogP contribution in [0, 0.1) is 0 Å². The van der Waals surface area contributed by atoms with Crippen LogP contribution in [0.5, 0.6) is 11.5 Å². The first-order valence-corrected chi connectivity index (χ1v) is 9.62. The zero-order valence-electron chi connectivity index (χ0n) is 16.1. The maximum absolute atomic E-state index is 12.5. The number of ether oxygens (including phenoxy) is 3. The second-order valence-corrected chi connectivity index (χ2v) is 7.04. The molecule has 0 saturated carbocycles. The molecule has 0 aliphatic carbocycles. The molecule has 28 heavy (non-hydrogen) atoms. The summed E-state index contributed by atoms with van der Waals surface area (Å²) in [7, 11) is 0. The molecule has 0 bridgehead atoms. The molecule has 1 aromatic rings. The van der Waals surface area contributed by atoms with E-state index in [0.29, 0.717) is 30.3 Å². The molecular weight excluding hydrogens is 382 g/mol. The van der Waals surface area contributed by atoms with E-state index in [1.165, 1.54) is 0 Å². The maximum Gasteiger partial charge on any atom is 0.326 e. The number of amides is 2. The van der Waals surface area contributed by atoms with Crippen molar-refractivity contribution in [1.82, 2.24) is 4.90 Å². The highest BCUT2D eigenvalue weighted by Crippen LogP contribution is 2.34. The summed E-state index contributed by atoms with van der Waals surface area (Å²) in [6.45, 7) is 9.24. The Hall–Kier alpha value is -2.74. The van der Waals surface area contributed by atoms with Crippen molar-refractivity contribution in [2.75, 3.05) is 19.8 Å². The summed E-state index contributed by atoms with van der Waals surface area (Å²) in [4.78, 5) is 37.5. The Labute approximate surface area is 168 Å². The molecule has 0 aromatic heterocycles. The molecule has 150 valence electrons. The second-order valence-electron chi connectivity index (χ2n) is 6.05. The van der Waals surface area contributed by atoms with Gasteiger partial charge in [-0.2, -0.15) is 0 Å². The SMILES string of the molecule is C=CCOc1ccc(/C=C2\SC(=O)N(CC(=O)OC(C)C)C2=O)cc1OCC. The molecule has 1 aliphatic heterocycles. The van der Waals surface area contributed by atoms with Crippen molar-refractivity contribution in [3.05, 3.63) is 41.3 Å². The summed E-state index contributed by atoms with van der Waals surface area (Å²) in [5.41, 5.74) is 0.671. The summed E-state index contributed by atoms with van der Waals surface area (Å²) in [6, 6.07) is 5.20. The minimum atomic E-state index is -0.624. The molecule has 1 saturated heterocycles. The van der Waals surface area contributed by atoms with Gasteiger partial charge in [-0.3, -0.25) is 19.3 Å². The molecule has 1 heterocycles. The van der Waals surface area contributed by atoms with Crippen molar-refractivity contribution >= 4 is 35.0 Å². The van der Waals surface area contributed by atoms with Crippen LogP contribution in [-0.4, -0.2) is 47.9 Å². The van der Waals surface area contributed by atoms with E-state index in [0.717, 1.165) is 16.7 Å². The van der Waals surface area contributed by atoms with Crippen molar-refractivity contribution in [2.24, 2.45) is 0 Å². The van der Waals surface area contributed by atoms with Gasteiger partial charge in [-0.1, -0.05) is 18.7 Å².